The topological polar surface area (TPSA) is 90.7 Å². The molecule has 0 atom stereocenters. The van der Waals surface area contributed by atoms with Crippen LogP contribution < -0.4 is 0 Å². The lowest BCUT2D eigenvalue weighted by atomic mass is 10.1. The number of halogens is 1. The lowest BCUT2D eigenvalue weighted by molar-refractivity contribution is -0.387. The number of benzene rings is 2. The van der Waals surface area contributed by atoms with Crippen molar-refractivity contribution in [1.82, 2.24) is 0 Å². The fourth-order valence-corrected chi connectivity index (χ4v) is 2.64. The standard InChI is InChI=1S/C16H8FN3O2S/c17-13-2-4-14(5-3-13)23-16-6-1-11(7-12(9-18)10-19)8-15(16)20(21)22/h1-8H. The van der Waals surface area contributed by atoms with Crippen LogP contribution >= 0.6 is 11.8 Å². The van der Waals surface area contributed by atoms with Gasteiger partial charge in [0.05, 0.1) is 9.82 Å². The number of nitro groups is 1. The molecule has 0 fully saturated rings. The zero-order valence-corrected chi connectivity index (χ0v) is 12.4. The maximum atomic E-state index is 12.9. The Kier molecular flexibility index (Phi) is 5.08. The first-order chi connectivity index (χ1) is 11.0. The first kappa shape index (κ1) is 16.2. The minimum Gasteiger partial charge on any atom is -0.258 e. The van der Waals surface area contributed by atoms with Crippen molar-refractivity contribution >= 4 is 23.5 Å². The van der Waals surface area contributed by atoms with E-state index >= 15 is 0 Å². The Bertz CT molecular complexity index is 848. The van der Waals surface area contributed by atoms with E-state index in [0.29, 0.717) is 15.4 Å². The summed E-state index contributed by atoms with van der Waals surface area (Å²) in [6.45, 7) is 0. The number of hydrogen-bond acceptors (Lipinski definition) is 5. The highest BCUT2D eigenvalue weighted by Gasteiger charge is 2.15. The molecule has 0 heterocycles. The maximum absolute atomic E-state index is 12.9. The summed E-state index contributed by atoms with van der Waals surface area (Å²) in [6.07, 6.45) is 1.28. The Hall–Kier alpha value is -3.16. The Morgan fingerprint density at radius 3 is 2.39 bits per heavy atom. The Balaban J connectivity index is 2.40. The molecule has 0 N–H and O–H groups in total. The van der Waals surface area contributed by atoms with Crippen molar-refractivity contribution in [3.63, 3.8) is 0 Å². The highest BCUT2D eigenvalue weighted by atomic mass is 32.2. The Morgan fingerprint density at radius 1 is 1.17 bits per heavy atom. The quantitative estimate of drug-likeness (QED) is 0.474. The van der Waals surface area contributed by atoms with Crippen molar-refractivity contribution in [1.29, 1.82) is 10.5 Å². The van der Waals surface area contributed by atoms with Crippen LogP contribution in [-0.2, 0) is 0 Å². The van der Waals surface area contributed by atoms with Gasteiger partial charge in [-0.2, -0.15) is 10.5 Å². The van der Waals surface area contributed by atoms with E-state index in [1.54, 1.807) is 18.2 Å². The summed E-state index contributed by atoms with van der Waals surface area (Å²) in [5.74, 6) is -0.384. The molecule has 0 aliphatic carbocycles. The molecule has 0 spiro atoms. The van der Waals surface area contributed by atoms with E-state index in [1.807, 2.05) is 0 Å². The highest BCUT2D eigenvalue weighted by molar-refractivity contribution is 7.99. The second-order valence-electron chi connectivity index (χ2n) is 4.32. The van der Waals surface area contributed by atoms with Crippen molar-refractivity contribution < 1.29 is 9.31 Å². The molecule has 2 rings (SSSR count). The number of allylic oxidation sites excluding steroid dienone is 1. The van der Waals surface area contributed by atoms with E-state index in [4.69, 9.17) is 10.5 Å². The van der Waals surface area contributed by atoms with Gasteiger partial charge in [-0.1, -0.05) is 17.8 Å². The molecule has 0 aliphatic heterocycles. The molecular formula is C16H8FN3O2S. The average molecular weight is 325 g/mol. The lowest BCUT2D eigenvalue weighted by Gasteiger charge is -2.04. The Morgan fingerprint density at radius 2 is 1.83 bits per heavy atom. The summed E-state index contributed by atoms with van der Waals surface area (Å²) < 4.78 is 12.9. The van der Waals surface area contributed by atoms with Crippen LogP contribution in [0.3, 0.4) is 0 Å². The molecule has 7 heteroatoms. The van der Waals surface area contributed by atoms with Gasteiger partial charge in [0.2, 0.25) is 0 Å². The first-order valence-electron chi connectivity index (χ1n) is 6.27. The van der Waals surface area contributed by atoms with Crippen LogP contribution in [0.4, 0.5) is 10.1 Å². The molecule has 5 nitrogen and oxygen atoms in total. The normalized spacial score (nSPS) is 9.52. The van der Waals surface area contributed by atoms with Gasteiger partial charge in [-0.15, -0.1) is 0 Å². The van der Waals surface area contributed by atoms with Gasteiger partial charge in [0.15, 0.2) is 0 Å². The zero-order valence-electron chi connectivity index (χ0n) is 11.6. The van der Waals surface area contributed by atoms with Crippen molar-refractivity contribution in [2.24, 2.45) is 0 Å². The van der Waals surface area contributed by atoms with Crippen LogP contribution in [0.2, 0.25) is 0 Å². The molecule has 0 amide bonds. The molecule has 2 aromatic carbocycles. The summed E-state index contributed by atoms with van der Waals surface area (Å²) in [7, 11) is 0. The van der Waals surface area contributed by atoms with Gasteiger partial charge in [0, 0.05) is 11.0 Å². The third-order valence-corrected chi connectivity index (χ3v) is 3.85. The van der Waals surface area contributed by atoms with Crippen LogP contribution in [0.15, 0.2) is 57.8 Å². The van der Waals surface area contributed by atoms with Gasteiger partial charge in [0.25, 0.3) is 5.69 Å². The lowest BCUT2D eigenvalue weighted by Crippen LogP contribution is -1.92. The largest absolute Gasteiger partial charge is 0.283 e. The van der Waals surface area contributed by atoms with Crippen molar-refractivity contribution in [2.45, 2.75) is 9.79 Å². The number of nitriles is 2. The maximum Gasteiger partial charge on any atom is 0.283 e. The molecule has 0 saturated carbocycles. The third-order valence-electron chi connectivity index (χ3n) is 2.77. The molecule has 23 heavy (non-hydrogen) atoms. The molecule has 0 bridgehead atoms. The predicted molar refractivity (Wildman–Crippen MR) is 82.8 cm³/mol. The summed E-state index contributed by atoms with van der Waals surface area (Å²) in [4.78, 5) is 11.7. The number of hydrogen-bond donors (Lipinski definition) is 0. The van der Waals surface area contributed by atoms with E-state index in [-0.39, 0.29) is 17.1 Å². The average Bonchev–Trinajstić information content (AvgIpc) is 2.55. The number of nitro benzene ring substituents is 1. The van der Waals surface area contributed by atoms with Crippen LogP contribution in [0.25, 0.3) is 6.08 Å². The van der Waals surface area contributed by atoms with Gasteiger partial charge in [-0.3, -0.25) is 10.1 Å². The number of rotatable bonds is 4. The number of nitrogens with zero attached hydrogens (tertiary/aromatic N) is 3. The van der Waals surface area contributed by atoms with Gasteiger partial charge in [-0.05, 0) is 42.0 Å². The van der Waals surface area contributed by atoms with E-state index < -0.39 is 4.92 Å². The summed E-state index contributed by atoms with van der Waals surface area (Å²) >= 11 is 1.13. The second kappa shape index (κ2) is 7.21. The highest BCUT2D eigenvalue weighted by Crippen LogP contribution is 2.35. The fraction of sp³-hybridized carbons (Fsp3) is 0. The van der Waals surface area contributed by atoms with Gasteiger partial charge in [-0.25, -0.2) is 4.39 Å². The third kappa shape index (κ3) is 4.16. The summed E-state index contributed by atoms with van der Waals surface area (Å²) in [5.41, 5.74) is 0.0970. The van der Waals surface area contributed by atoms with Crippen molar-refractivity contribution in [3.05, 3.63) is 69.5 Å². The molecular weight excluding hydrogens is 317 g/mol. The first-order valence-corrected chi connectivity index (χ1v) is 7.09. The van der Waals surface area contributed by atoms with Crippen LogP contribution in [-0.4, -0.2) is 4.92 Å². The molecule has 0 aliphatic rings. The SMILES string of the molecule is N#CC(C#N)=Cc1ccc(Sc2ccc(F)cc2)c([N+](=O)[O-])c1. The van der Waals surface area contributed by atoms with Crippen LogP contribution in [0.1, 0.15) is 5.56 Å². The van der Waals surface area contributed by atoms with Crippen LogP contribution in [0.5, 0.6) is 0 Å². The minimum atomic E-state index is -0.540. The van der Waals surface area contributed by atoms with E-state index in [2.05, 4.69) is 0 Å². The minimum absolute atomic E-state index is 0.141. The van der Waals surface area contributed by atoms with Gasteiger partial charge in [0.1, 0.15) is 23.5 Å². The zero-order chi connectivity index (χ0) is 16.8. The molecule has 112 valence electrons. The van der Waals surface area contributed by atoms with Crippen LogP contribution in [0, 0.1) is 38.6 Å². The van der Waals surface area contributed by atoms with E-state index in [1.165, 1.54) is 42.5 Å². The van der Waals surface area contributed by atoms with Crippen molar-refractivity contribution in [3.8, 4) is 12.1 Å². The second-order valence-corrected chi connectivity index (χ2v) is 5.44. The molecule has 0 aromatic heterocycles. The fourth-order valence-electron chi connectivity index (χ4n) is 1.74. The van der Waals surface area contributed by atoms with E-state index in [0.717, 1.165) is 11.8 Å². The van der Waals surface area contributed by atoms with Gasteiger partial charge >= 0.3 is 0 Å². The van der Waals surface area contributed by atoms with Gasteiger partial charge < -0.3 is 0 Å². The van der Waals surface area contributed by atoms with Crippen molar-refractivity contribution in [2.75, 3.05) is 0 Å². The molecule has 0 radical (unpaired) electrons. The summed E-state index contributed by atoms with van der Waals surface area (Å²) in [6, 6.07) is 13.4. The molecule has 2 aromatic rings. The Labute approximate surface area is 135 Å². The monoisotopic (exact) mass is 325 g/mol. The molecule has 0 unspecified atom stereocenters. The smallest absolute Gasteiger partial charge is 0.258 e. The predicted octanol–water partition coefficient (Wildman–Crippen LogP) is 4.32. The molecule has 0 saturated heterocycles. The summed E-state index contributed by atoms with van der Waals surface area (Å²) in [5, 5.41) is 28.7. The van der Waals surface area contributed by atoms with E-state index in [9.17, 15) is 14.5 Å².